The summed E-state index contributed by atoms with van der Waals surface area (Å²) in [4.78, 5) is 0. The zero-order valence-electron chi connectivity index (χ0n) is 10.5. The molecular weight excluding hydrogens is 278 g/mol. The number of aliphatic hydroxyl groups excluding tert-OH is 1. The molecule has 0 saturated heterocycles. The largest absolute Gasteiger partial charge is 0.394 e. The van der Waals surface area contributed by atoms with Gasteiger partial charge in [-0.3, -0.25) is 0 Å². The smallest absolute Gasteiger partial charge is 0.0666 e. The van der Waals surface area contributed by atoms with E-state index in [2.05, 4.69) is 41.2 Å². The molecule has 1 fully saturated rings. The van der Waals surface area contributed by atoms with Gasteiger partial charge in [0.25, 0.3) is 0 Å². The third-order valence-electron chi connectivity index (χ3n) is 4.22. The van der Waals surface area contributed by atoms with Crippen LogP contribution in [0.4, 0.5) is 5.69 Å². The van der Waals surface area contributed by atoms with E-state index in [9.17, 15) is 5.11 Å². The van der Waals surface area contributed by atoms with Gasteiger partial charge in [0.2, 0.25) is 0 Å². The first kappa shape index (κ1) is 12.9. The number of anilines is 1. The molecule has 0 aromatic heterocycles. The Morgan fingerprint density at radius 2 is 2.00 bits per heavy atom. The number of aliphatic hydroxyl groups is 1. The first-order valence-corrected chi connectivity index (χ1v) is 6.94. The molecule has 17 heavy (non-hydrogen) atoms. The summed E-state index contributed by atoms with van der Waals surface area (Å²) in [5, 5.41) is 13.4. The molecule has 2 rings (SSSR count). The maximum absolute atomic E-state index is 9.83. The number of halogens is 1. The van der Waals surface area contributed by atoms with Crippen LogP contribution in [0.15, 0.2) is 28.7 Å². The fraction of sp³-hybridized carbons (Fsp3) is 0.571. The molecule has 3 heteroatoms. The monoisotopic (exact) mass is 297 g/mol. The lowest BCUT2D eigenvalue weighted by molar-refractivity contribution is 0.128. The third-order valence-corrected chi connectivity index (χ3v) is 4.91. The minimum atomic E-state index is -0.198. The van der Waals surface area contributed by atoms with Crippen LogP contribution in [0.1, 0.15) is 33.1 Å². The second-order valence-corrected chi connectivity index (χ2v) is 6.44. The van der Waals surface area contributed by atoms with E-state index in [0.29, 0.717) is 0 Å². The Kier molecular flexibility index (Phi) is 3.50. The summed E-state index contributed by atoms with van der Waals surface area (Å²) in [7, 11) is 0. The first-order valence-electron chi connectivity index (χ1n) is 6.14. The van der Waals surface area contributed by atoms with E-state index in [1.807, 2.05) is 18.2 Å². The highest BCUT2D eigenvalue weighted by atomic mass is 79.9. The maximum Gasteiger partial charge on any atom is 0.0666 e. The zero-order valence-corrected chi connectivity index (χ0v) is 12.0. The number of benzene rings is 1. The number of hydrogen-bond donors (Lipinski definition) is 2. The van der Waals surface area contributed by atoms with Crippen molar-refractivity contribution < 1.29 is 5.11 Å². The van der Waals surface area contributed by atoms with E-state index >= 15 is 0 Å². The van der Waals surface area contributed by atoms with Gasteiger partial charge in [0.1, 0.15) is 0 Å². The Labute approximate surface area is 112 Å². The van der Waals surface area contributed by atoms with Gasteiger partial charge in [-0.15, -0.1) is 0 Å². The van der Waals surface area contributed by atoms with Gasteiger partial charge in [0.05, 0.1) is 12.1 Å². The van der Waals surface area contributed by atoms with Crippen LogP contribution < -0.4 is 5.32 Å². The minimum absolute atomic E-state index is 0.122. The van der Waals surface area contributed by atoms with Crippen molar-refractivity contribution in [3.05, 3.63) is 28.7 Å². The van der Waals surface area contributed by atoms with Gasteiger partial charge in [0, 0.05) is 10.2 Å². The van der Waals surface area contributed by atoms with Crippen molar-refractivity contribution in [1.29, 1.82) is 0 Å². The van der Waals surface area contributed by atoms with Gasteiger partial charge in [-0.2, -0.15) is 0 Å². The van der Waals surface area contributed by atoms with Gasteiger partial charge in [0.15, 0.2) is 0 Å². The van der Waals surface area contributed by atoms with Crippen LogP contribution in [-0.2, 0) is 0 Å². The van der Waals surface area contributed by atoms with Crippen LogP contribution in [0.25, 0.3) is 0 Å². The van der Waals surface area contributed by atoms with Crippen molar-refractivity contribution in [2.24, 2.45) is 5.41 Å². The zero-order chi connectivity index (χ0) is 12.5. The quantitative estimate of drug-likeness (QED) is 0.889. The predicted molar refractivity (Wildman–Crippen MR) is 75.2 cm³/mol. The first-order chi connectivity index (χ1) is 8.01. The highest BCUT2D eigenvalue weighted by molar-refractivity contribution is 9.10. The summed E-state index contributed by atoms with van der Waals surface area (Å²) in [6.45, 7) is 4.65. The molecule has 1 saturated carbocycles. The van der Waals surface area contributed by atoms with E-state index in [1.165, 1.54) is 6.42 Å². The van der Waals surface area contributed by atoms with Crippen LogP contribution in [0, 0.1) is 5.41 Å². The van der Waals surface area contributed by atoms with Gasteiger partial charge in [-0.1, -0.05) is 32.4 Å². The lowest BCUT2D eigenvalue weighted by Gasteiger charge is -2.42. The minimum Gasteiger partial charge on any atom is -0.394 e. The summed E-state index contributed by atoms with van der Waals surface area (Å²) >= 11 is 3.55. The van der Waals surface area contributed by atoms with E-state index in [-0.39, 0.29) is 17.6 Å². The Bertz CT molecular complexity index is 405. The molecule has 1 aliphatic rings. The van der Waals surface area contributed by atoms with Crippen LogP contribution in [0.3, 0.4) is 0 Å². The van der Waals surface area contributed by atoms with Crippen molar-refractivity contribution in [3.8, 4) is 0 Å². The highest BCUT2D eigenvalue weighted by Crippen LogP contribution is 2.48. The van der Waals surface area contributed by atoms with Crippen LogP contribution in [-0.4, -0.2) is 17.3 Å². The molecule has 0 aliphatic heterocycles. The number of nitrogens with one attached hydrogen (secondary N) is 1. The Balaban J connectivity index is 2.30. The topological polar surface area (TPSA) is 32.3 Å². The third kappa shape index (κ3) is 2.23. The van der Waals surface area contributed by atoms with Crippen LogP contribution >= 0.6 is 15.9 Å². The molecule has 0 radical (unpaired) electrons. The second kappa shape index (κ2) is 4.62. The van der Waals surface area contributed by atoms with Crippen LogP contribution in [0.2, 0.25) is 0 Å². The van der Waals surface area contributed by atoms with E-state index in [4.69, 9.17) is 0 Å². The molecule has 2 nitrogen and oxygen atoms in total. The maximum atomic E-state index is 9.83. The Morgan fingerprint density at radius 3 is 2.53 bits per heavy atom. The number of para-hydroxylation sites is 1. The fourth-order valence-corrected chi connectivity index (χ4v) is 3.18. The summed E-state index contributed by atoms with van der Waals surface area (Å²) in [5.74, 6) is 0. The van der Waals surface area contributed by atoms with E-state index < -0.39 is 0 Å². The standard InChI is InChI=1S/C14H20BrNO/c1-13(2)8-5-9-14(13,10-17)16-12-7-4-3-6-11(12)15/h3-4,6-7,16-17H,5,8-10H2,1-2H3. The predicted octanol–water partition coefficient (Wildman–Crippen LogP) is 3.80. The summed E-state index contributed by atoms with van der Waals surface area (Å²) < 4.78 is 1.05. The second-order valence-electron chi connectivity index (χ2n) is 5.58. The van der Waals surface area contributed by atoms with Crippen LogP contribution in [0.5, 0.6) is 0 Å². The summed E-state index contributed by atoms with van der Waals surface area (Å²) in [6, 6.07) is 8.09. The van der Waals surface area contributed by atoms with Crippen molar-refractivity contribution in [2.75, 3.05) is 11.9 Å². The molecule has 0 bridgehead atoms. The van der Waals surface area contributed by atoms with Crippen molar-refractivity contribution in [2.45, 2.75) is 38.6 Å². The molecule has 1 aromatic rings. The summed E-state index contributed by atoms with van der Waals surface area (Å²) in [6.07, 6.45) is 3.36. The SMILES string of the molecule is CC1(C)CCCC1(CO)Nc1ccccc1Br. The Hall–Kier alpha value is -0.540. The van der Waals surface area contributed by atoms with Crippen molar-refractivity contribution in [3.63, 3.8) is 0 Å². The number of rotatable bonds is 3. The lowest BCUT2D eigenvalue weighted by atomic mass is 9.75. The Morgan fingerprint density at radius 1 is 1.29 bits per heavy atom. The molecule has 1 atom stereocenters. The van der Waals surface area contributed by atoms with Gasteiger partial charge < -0.3 is 10.4 Å². The van der Waals surface area contributed by atoms with Gasteiger partial charge >= 0.3 is 0 Å². The lowest BCUT2D eigenvalue weighted by Crippen LogP contribution is -2.50. The molecule has 94 valence electrons. The fourth-order valence-electron chi connectivity index (χ4n) is 2.79. The summed E-state index contributed by atoms with van der Waals surface area (Å²) in [5.41, 5.74) is 0.991. The number of hydrogen-bond acceptors (Lipinski definition) is 2. The normalized spacial score (nSPS) is 27.1. The molecule has 0 amide bonds. The molecule has 2 N–H and O–H groups in total. The molecule has 0 heterocycles. The van der Waals surface area contributed by atoms with E-state index in [0.717, 1.165) is 23.0 Å². The average molecular weight is 298 g/mol. The average Bonchev–Trinajstić information content (AvgIpc) is 2.58. The molecule has 1 unspecified atom stereocenters. The van der Waals surface area contributed by atoms with Gasteiger partial charge in [-0.25, -0.2) is 0 Å². The highest BCUT2D eigenvalue weighted by Gasteiger charge is 2.48. The van der Waals surface area contributed by atoms with Gasteiger partial charge in [-0.05, 0) is 46.3 Å². The van der Waals surface area contributed by atoms with Crippen molar-refractivity contribution in [1.82, 2.24) is 0 Å². The molecule has 1 aliphatic carbocycles. The molecule has 0 spiro atoms. The van der Waals surface area contributed by atoms with E-state index in [1.54, 1.807) is 0 Å². The molecule has 1 aromatic carbocycles. The van der Waals surface area contributed by atoms with Crippen molar-refractivity contribution >= 4 is 21.6 Å². The molecular formula is C14H20BrNO.